The van der Waals surface area contributed by atoms with E-state index < -0.39 is 11.6 Å². The van der Waals surface area contributed by atoms with Gasteiger partial charge >= 0.3 is 0 Å². The van der Waals surface area contributed by atoms with E-state index in [0.717, 1.165) is 12.1 Å². The van der Waals surface area contributed by atoms with E-state index in [0.29, 0.717) is 11.7 Å². The first kappa shape index (κ1) is 12.2. The minimum absolute atomic E-state index is 0.0280. The molecule has 6 heteroatoms. The van der Waals surface area contributed by atoms with Crippen LogP contribution in [0.4, 0.5) is 8.78 Å². The van der Waals surface area contributed by atoms with Crippen LogP contribution in [0.2, 0.25) is 0 Å². The van der Waals surface area contributed by atoms with E-state index in [4.69, 9.17) is 9.47 Å². The molecule has 1 heterocycles. The number of ether oxygens (including phenoxy) is 2. The zero-order chi connectivity index (χ0) is 13.0. The standard InChI is InChI=1S/C12H10F2N2O2/c1-17-12-4-5-15-11(16-12)7-18-10-3-2-8(13)6-9(10)14/h2-6H,7H2,1H3. The van der Waals surface area contributed by atoms with Gasteiger partial charge in [-0.1, -0.05) is 0 Å². The maximum atomic E-state index is 13.3. The Morgan fingerprint density at radius 3 is 2.78 bits per heavy atom. The van der Waals surface area contributed by atoms with Crippen LogP contribution in [0.5, 0.6) is 11.6 Å². The molecule has 94 valence electrons. The molecule has 4 nitrogen and oxygen atoms in total. The van der Waals surface area contributed by atoms with Crippen LogP contribution >= 0.6 is 0 Å². The van der Waals surface area contributed by atoms with Gasteiger partial charge in [-0.25, -0.2) is 13.8 Å². The van der Waals surface area contributed by atoms with Gasteiger partial charge in [-0.05, 0) is 12.1 Å². The van der Waals surface area contributed by atoms with Crippen molar-refractivity contribution in [2.24, 2.45) is 0 Å². The molecule has 0 bridgehead atoms. The third-order valence-electron chi connectivity index (χ3n) is 2.14. The van der Waals surface area contributed by atoms with E-state index in [-0.39, 0.29) is 12.4 Å². The SMILES string of the molecule is COc1ccnc(COc2ccc(F)cc2F)n1. The van der Waals surface area contributed by atoms with E-state index in [9.17, 15) is 8.78 Å². The summed E-state index contributed by atoms with van der Waals surface area (Å²) in [6, 6.07) is 4.67. The van der Waals surface area contributed by atoms with Gasteiger partial charge in [-0.3, -0.25) is 0 Å². The summed E-state index contributed by atoms with van der Waals surface area (Å²) in [5.74, 6) is -0.737. The van der Waals surface area contributed by atoms with E-state index in [1.807, 2.05) is 0 Å². The Morgan fingerprint density at radius 2 is 2.06 bits per heavy atom. The fraction of sp³-hybridized carbons (Fsp3) is 0.167. The molecule has 0 amide bonds. The lowest BCUT2D eigenvalue weighted by molar-refractivity contribution is 0.277. The minimum Gasteiger partial charge on any atom is -0.483 e. The quantitative estimate of drug-likeness (QED) is 0.837. The molecule has 0 N–H and O–H groups in total. The van der Waals surface area contributed by atoms with Crippen LogP contribution in [0, 0.1) is 11.6 Å². The van der Waals surface area contributed by atoms with Crippen molar-refractivity contribution in [3.05, 3.63) is 47.9 Å². The molecule has 2 aromatic rings. The van der Waals surface area contributed by atoms with Crippen molar-refractivity contribution in [3.63, 3.8) is 0 Å². The number of hydrogen-bond donors (Lipinski definition) is 0. The van der Waals surface area contributed by atoms with E-state index >= 15 is 0 Å². The predicted octanol–water partition coefficient (Wildman–Crippen LogP) is 2.34. The van der Waals surface area contributed by atoms with E-state index in [2.05, 4.69) is 9.97 Å². The largest absolute Gasteiger partial charge is 0.483 e. The minimum atomic E-state index is -0.766. The average molecular weight is 252 g/mol. The summed E-state index contributed by atoms with van der Waals surface area (Å²) in [5, 5.41) is 0. The highest BCUT2D eigenvalue weighted by Crippen LogP contribution is 2.18. The molecule has 1 aromatic heterocycles. The normalized spacial score (nSPS) is 10.2. The number of hydrogen-bond acceptors (Lipinski definition) is 4. The topological polar surface area (TPSA) is 44.2 Å². The van der Waals surface area contributed by atoms with Crippen LogP contribution in [-0.4, -0.2) is 17.1 Å². The molecule has 0 aliphatic rings. The summed E-state index contributed by atoms with van der Waals surface area (Å²) in [5.41, 5.74) is 0. The van der Waals surface area contributed by atoms with Gasteiger partial charge in [0.25, 0.3) is 0 Å². The lowest BCUT2D eigenvalue weighted by atomic mass is 10.3. The van der Waals surface area contributed by atoms with Gasteiger partial charge in [-0.15, -0.1) is 0 Å². The number of nitrogens with zero attached hydrogens (tertiary/aromatic N) is 2. The van der Waals surface area contributed by atoms with Gasteiger partial charge in [0.2, 0.25) is 5.88 Å². The van der Waals surface area contributed by atoms with Gasteiger partial charge < -0.3 is 9.47 Å². The molecule has 0 atom stereocenters. The number of aromatic nitrogens is 2. The molecule has 2 rings (SSSR count). The number of benzene rings is 1. The lowest BCUT2D eigenvalue weighted by Crippen LogP contribution is -2.03. The second kappa shape index (κ2) is 5.39. The Balaban J connectivity index is 2.06. The molecular formula is C12H10F2N2O2. The second-order valence-electron chi connectivity index (χ2n) is 3.38. The van der Waals surface area contributed by atoms with Gasteiger partial charge in [0, 0.05) is 18.3 Å². The molecule has 1 aromatic carbocycles. The molecule has 0 saturated carbocycles. The molecule has 0 radical (unpaired) electrons. The Kier molecular flexibility index (Phi) is 3.66. The molecule has 0 unspecified atom stereocenters. The second-order valence-corrected chi connectivity index (χ2v) is 3.38. The van der Waals surface area contributed by atoms with E-state index in [1.165, 1.54) is 19.4 Å². The predicted molar refractivity (Wildman–Crippen MR) is 59.3 cm³/mol. The van der Waals surface area contributed by atoms with Gasteiger partial charge in [-0.2, -0.15) is 4.98 Å². The molecule has 0 aliphatic carbocycles. The van der Waals surface area contributed by atoms with Crippen molar-refractivity contribution in [1.29, 1.82) is 0 Å². The van der Waals surface area contributed by atoms with Gasteiger partial charge in [0.15, 0.2) is 17.4 Å². The van der Waals surface area contributed by atoms with Crippen molar-refractivity contribution in [3.8, 4) is 11.6 Å². The molecular weight excluding hydrogens is 242 g/mol. The Morgan fingerprint density at radius 1 is 1.22 bits per heavy atom. The highest BCUT2D eigenvalue weighted by Gasteiger charge is 2.06. The molecule has 0 aliphatic heterocycles. The van der Waals surface area contributed by atoms with Crippen molar-refractivity contribution < 1.29 is 18.3 Å². The summed E-state index contributed by atoms with van der Waals surface area (Å²) < 4.78 is 36.0. The zero-order valence-electron chi connectivity index (χ0n) is 9.56. The fourth-order valence-corrected chi connectivity index (χ4v) is 1.30. The first-order chi connectivity index (χ1) is 8.69. The maximum absolute atomic E-state index is 13.3. The Labute approximate surface area is 102 Å². The maximum Gasteiger partial charge on any atom is 0.216 e. The molecule has 0 spiro atoms. The van der Waals surface area contributed by atoms with Crippen LogP contribution in [0.25, 0.3) is 0 Å². The molecule has 0 fully saturated rings. The summed E-state index contributed by atoms with van der Waals surface area (Å²) in [7, 11) is 1.48. The smallest absolute Gasteiger partial charge is 0.216 e. The third-order valence-corrected chi connectivity index (χ3v) is 2.14. The van der Waals surface area contributed by atoms with Gasteiger partial charge in [0.05, 0.1) is 7.11 Å². The van der Waals surface area contributed by atoms with Crippen LogP contribution in [-0.2, 0) is 6.61 Å². The molecule has 18 heavy (non-hydrogen) atoms. The summed E-state index contributed by atoms with van der Waals surface area (Å²) in [6.45, 7) is -0.0280. The van der Waals surface area contributed by atoms with Crippen LogP contribution in [0.15, 0.2) is 30.5 Å². The number of rotatable bonds is 4. The highest BCUT2D eigenvalue weighted by atomic mass is 19.1. The summed E-state index contributed by atoms with van der Waals surface area (Å²) in [4.78, 5) is 7.94. The third kappa shape index (κ3) is 2.91. The summed E-state index contributed by atoms with van der Waals surface area (Å²) >= 11 is 0. The van der Waals surface area contributed by atoms with Crippen LogP contribution < -0.4 is 9.47 Å². The highest BCUT2D eigenvalue weighted by molar-refractivity contribution is 5.24. The van der Waals surface area contributed by atoms with E-state index in [1.54, 1.807) is 6.07 Å². The van der Waals surface area contributed by atoms with Crippen molar-refractivity contribution in [2.45, 2.75) is 6.61 Å². The van der Waals surface area contributed by atoms with Crippen LogP contribution in [0.1, 0.15) is 5.82 Å². The van der Waals surface area contributed by atoms with Crippen molar-refractivity contribution in [1.82, 2.24) is 9.97 Å². The zero-order valence-corrected chi connectivity index (χ0v) is 9.56. The monoisotopic (exact) mass is 252 g/mol. The summed E-state index contributed by atoms with van der Waals surface area (Å²) in [6.07, 6.45) is 1.51. The molecule has 0 saturated heterocycles. The Bertz CT molecular complexity index is 549. The first-order valence-electron chi connectivity index (χ1n) is 5.13. The Hall–Kier alpha value is -2.24. The lowest BCUT2D eigenvalue weighted by Gasteiger charge is -2.06. The van der Waals surface area contributed by atoms with Crippen LogP contribution in [0.3, 0.4) is 0 Å². The van der Waals surface area contributed by atoms with Crippen molar-refractivity contribution in [2.75, 3.05) is 7.11 Å². The van der Waals surface area contributed by atoms with Gasteiger partial charge in [0.1, 0.15) is 12.4 Å². The van der Waals surface area contributed by atoms with Crippen molar-refractivity contribution >= 4 is 0 Å². The number of methoxy groups -OCH3 is 1. The fourth-order valence-electron chi connectivity index (χ4n) is 1.30. The first-order valence-corrected chi connectivity index (χ1v) is 5.13. The number of halogens is 2. The average Bonchev–Trinajstić information content (AvgIpc) is 2.38.